The lowest BCUT2D eigenvalue weighted by molar-refractivity contribution is 0.370. The Labute approximate surface area is 146 Å². The molecule has 0 aromatic heterocycles. The number of ether oxygens (including phenoxy) is 1. The summed E-state index contributed by atoms with van der Waals surface area (Å²) in [5.74, 6) is 0.544. The van der Waals surface area contributed by atoms with Crippen molar-refractivity contribution in [3.8, 4) is 11.5 Å². The predicted octanol–water partition coefficient (Wildman–Crippen LogP) is 3.34. The van der Waals surface area contributed by atoms with Crippen molar-refractivity contribution in [3.05, 3.63) is 58.6 Å². The molecular formula is C17H19ClN2O2S. The summed E-state index contributed by atoms with van der Waals surface area (Å²) in [6.07, 6.45) is 0.809. The highest BCUT2D eigenvalue weighted by molar-refractivity contribution is 7.80. The van der Waals surface area contributed by atoms with E-state index in [1.165, 1.54) is 12.7 Å². The molecule has 6 heteroatoms. The van der Waals surface area contributed by atoms with Crippen molar-refractivity contribution in [2.75, 3.05) is 13.7 Å². The molecule has 23 heavy (non-hydrogen) atoms. The number of thiocarbonyl (C=S) groups is 1. The first-order chi connectivity index (χ1) is 11.0. The number of halogens is 1. The molecule has 0 radical (unpaired) electrons. The van der Waals surface area contributed by atoms with E-state index in [2.05, 4.69) is 0 Å². The average Bonchev–Trinajstić information content (AvgIpc) is 2.54. The molecule has 0 unspecified atom stereocenters. The summed E-state index contributed by atoms with van der Waals surface area (Å²) in [4.78, 5) is 1.91. The van der Waals surface area contributed by atoms with E-state index in [0.717, 1.165) is 17.0 Å². The van der Waals surface area contributed by atoms with Crippen LogP contribution < -0.4 is 10.5 Å². The Morgan fingerprint density at radius 1 is 1.22 bits per heavy atom. The van der Waals surface area contributed by atoms with Gasteiger partial charge in [0, 0.05) is 18.1 Å². The van der Waals surface area contributed by atoms with Gasteiger partial charge in [-0.15, -0.1) is 0 Å². The van der Waals surface area contributed by atoms with Gasteiger partial charge in [0.05, 0.1) is 7.11 Å². The van der Waals surface area contributed by atoms with Crippen molar-refractivity contribution in [1.29, 1.82) is 0 Å². The van der Waals surface area contributed by atoms with E-state index in [-0.39, 0.29) is 5.75 Å². The Kier molecular flexibility index (Phi) is 6.07. The van der Waals surface area contributed by atoms with Crippen LogP contribution in [-0.2, 0) is 13.0 Å². The fraction of sp³-hybridized carbons (Fsp3) is 0.235. The summed E-state index contributed by atoms with van der Waals surface area (Å²) < 4.78 is 5.12. The molecule has 0 bridgehead atoms. The van der Waals surface area contributed by atoms with Crippen molar-refractivity contribution in [2.24, 2.45) is 5.73 Å². The zero-order chi connectivity index (χ0) is 16.8. The second-order valence-corrected chi connectivity index (χ2v) is 6.00. The summed E-state index contributed by atoms with van der Waals surface area (Å²) in [5, 5.41) is 10.7. The van der Waals surface area contributed by atoms with Gasteiger partial charge in [0.1, 0.15) is 0 Å². The molecule has 0 saturated carbocycles. The number of hydrogen-bond donors (Lipinski definition) is 2. The molecular weight excluding hydrogens is 332 g/mol. The van der Waals surface area contributed by atoms with Crippen LogP contribution in [0.25, 0.3) is 0 Å². The van der Waals surface area contributed by atoms with E-state index >= 15 is 0 Å². The molecule has 0 aliphatic heterocycles. The van der Waals surface area contributed by atoms with Gasteiger partial charge in [-0.25, -0.2) is 0 Å². The normalized spacial score (nSPS) is 10.3. The van der Waals surface area contributed by atoms with Gasteiger partial charge in [0.15, 0.2) is 16.6 Å². The van der Waals surface area contributed by atoms with E-state index < -0.39 is 0 Å². The third-order valence-corrected chi connectivity index (χ3v) is 4.02. The molecule has 122 valence electrons. The quantitative estimate of drug-likeness (QED) is 0.782. The van der Waals surface area contributed by atoms with Gasteiger partial charge in [0.2, 0.25) is 0 Å². The van der Waals surface area contributed by atoms with E-state index in [1.807, 2.05) is 35.2 Å². The fourth-order valence-corrected chi connectivity index (χ4v) is 2.50. The number of phenolic OH excluding ortho intramolecular Hbond substituents is 1. The van der Waals surface area contributed by atoms with Gasteiger partial charge in [-0.3, -0.25) is 0 Å². The SMILES string of the molecule is COc1cc(CN(CCc2ccc(Cl)cc2)C(N)=S)ccc1O. The standard InChI is InChI=1S/C17H19ClN2O2S/c1-22-16-10-13(4-7-15(16)21)11-20(17(19)23)9-8-12-2-5-14(18)6-3-12/h2-7,10,21H,8-9,11H2,1H3,(H2,19,23). The number of nitrogens with two attached hydrogens (primary N) is 1. The average molecular weight is 351 g/mol. The van der Waals surface area contributed by atoms with E-state index in [9.17, 15) is 5.11 Å². The molecule has 4 nitrogen and oxygen atoms in total. The van der Waals surface area contributed by atoms with Crippen LogP contribution in [0.1, 0.15) is 11.1 Å². The van der Waals surface area contributed by atoms with E-state index in [1.54, 1.807) is 12.1 Å². The van der Waals surface area contributed by atoms with Crippen LogP contribution in [0, 0.1) is 0 Å². The van der Waals surface area contributed by atoms with Crippen molar-refractivity contribution in [1.82, 2.24) is 4.90 Å². The lowest BCUT2D eigenvalue weighted by atomic mass is 10.1. The number of methoxy groups -OCH3 is 1. The van der Waals surface area contributed by atoms with Crippen LogP contribution in [0.15, 0.2) is 42.5 Å². The monoisotopic (exact) mass is 350 g/mol. The molecule has 0 amide bonds. The zero-order valence-electron chi connectivity index (χ0n) is 12.8. The highest BCUT2D eigenvalue weighted by Gasteiger charge is 2.10. The van der Waals surface area contributed by atoms with Gasteiger partial charge < -0.3 is 20.5 Å². The second kappa shape index (κ2) is 8.04. The van der Waals surface area contributed by atoms with Crippen LogP contribution in [0.5, 0.6) is 11.5 Å². The molecule has 2 rings (SSSR count). The van der Waals surface area contributed by atoms with E-state index in [0.29, 0.717) is 24.0 Å². The highest BCUT2D eigenvalue weighted by atomic mass is 35.5. The Morgan fingerprint density at radius 2 is 1.87 bits per heavy atom. The molecule has 2 aromatic carbocycles. The molecule has 0 aliphatic carbocycles. The van der Waals surface area contributed by atoms with Crippen molar-refractivity contribution < 1.29 is 9.84 Å². The Balaban J connectivity index is 2.04. The van der Waals surface area contributed by atoms with Crippen molar-refractivity contribution >= 4 is 28.9 Å². The first-order valence-corrected chi connectivity index (χ1v) is 7.93. The number of nitrogens with zero attached hydrogens (tertiary/aromatic N) is 1. The summed E-state index contributed by atoms with van der Waals surface area (Å²) in [6.45, 7) is 1.25. The number of hydrogen-bond acceptors (Lipinski definition) is 3. The third kappa shape index (κ3) is 5.01. The lowest BCUT2D eigenvalue weighted by Gasteiger charge is -2.23. The maximum absolute atomic E-state index is 9.65. The minimum Gasteiger partial charge on any atom is -0.504 e. The molecule has 0 atom stereocenters. The molecule has 0 aliphatic rings. The highest BCUT2D eigenvalue weighted by Crippen LogP contribution is 2.26. The molecule has 2 aromatic rings. The number of rotatable bonds is 6. The van der Waals surface area contributed by atoms with Gasteiger partial charge >= 0.3 is 0 Å². The smallest absolute Gasteiger partial charge is 0.166 e. The van der Waals surface area contributed by atoms with Gasteiger partial charge in [0.25, 0.3) is 0 Å². The van der Waals surface area contributed by atoms with Crippen LogP contribution in [0.2, 0.25) is 5.02 Å². The van der Waals surface area contributed by atoms with E-state index in [4.69, 9.17) is 34.3 Å². The number of aromatic hydroxyl groups is 1. The van der Waals surface area contributed by atoms with Crippen LogP contribution in [0.3, 0.4) is 0 Å². The molecule has 0 heterocycles. The van der Waals surface area contributed by atoms with Gasteiger partial charge in [-0.1, -0.05) is 29.8 Å². The number of phenols is 1. The largest absolute Gasteiger partial charge is 0.504 e. The topological polar surface area (TPSA) is 58.7 Å². The third-order valence-electron chi connectivity index (χ3n) is 3.51. The molecule has 0 fully saturated rings. The van der Waals surface area contributed by atoms with Crippen molar-refractivity contribution in [3.63, 3.8) is 0 Å². The molecule has 0 spiro atoms. The first kappa shape index (κ1) is 17.4. The minimum atomic E-state index is 0.110. The summed E-state index contributed by atoms with van der Waals surface area (Å²) in [5.41, 5.74) is 7.96. The maximum Gasteiger partial charge on any atom is 0.166 e. The summed E-state index contributed by atoms with van der Waals surface area (Å²) in [6, 6.07) is 12.9. The maximum atomic E-state index is 9.65. The predicted molar refractivity (Wildman–Crippen MR) is 97.0 cm³/mol. The Hall–Kier alpha value is -1.98. The van der Waals surface area contributed by atoms with Crippen LogP contribution >= 0.6 is 23.8 Å². The first-order valence-electron chi connectivity index (χ1n) is 7.14. The zero-order valence-corrected chi connectivity index (χ0v) is 14.4. The van der Waals surface area contributed by atoms with Gasteiger partial charge in [-0.05, 0) is 54.0 Å². The Bertz CT molecular complexity index is 677. The van der Waals surface area contributed by atoms with Crippen LogP contribution in [-0.4, -0.2) is 28.8 Å². The molecule has 0 saturated heterocycles. The number of benzene rings is 2. The summed E-state index contributed by atoms with van der Waals surface area (Å²) >= 11 is 11.0. The second-order valence-electron chi connectivity index (χ2n) is 5.14. The van der Waals surface area contributed by atoms with Gasteiger partial charge in [-0.2, -0.15) is 0 Å². The van der Waals surface area contributed by atoms with Crippen LogP contribution in [0.4, 0.5) is 0 Å². The summed E-state index contributed by atoms with van der Waals surface area (Å²) in [7, 11) is 1.52. The minimum absolute atomic E-state index is 0.110. The molecule has 3 N–H and O–H groups in total. The fourth-order valence-electron chi connectivity index (χ4n) is 2.22. The Morgan fingerprint density at radius 3 is 2.48 bits per heavy atom. The van der Waals surface area contributed by atoms with Crippen molar-refractivity contribution in [2.45, 2.75) is 13.0 Å². The lowest BCUT2D eigenvalue weighted by Crippen LogP contribution is -2.36.